The topological polar surface area (TPSA) is 319 Å². The molecule has 0 bridgehead atoms. The van der Waals surface area contributed by atoms with Gasteiger partial charge in [0.25, 0.3) is 0 Å². The standard InChI is InChI=1S/C24H40N10O9S2/c1-11(35)31-14-10-44-45-24(2,3)18(19(25)40)34-22(43)13(7-17(38)39)33-16(37)9-29-20(41)12(5-4-6-28-23(26)27)32-15(36)8-30-21(14)42/h12-14,18H,4-10H2,1-3H3,(H2,25,40)(H,29,41)(H,30,42)(H,31,35)(H,32,36)(H,33,37)(H,34,43)(H,38,39)(H4,26,27,28)/t12-,13-,14-,18+/m1/s1. The first-order chi connectivity index (χ1) is 20.9. The van der Waals surface area contributed by atoms with Crippen LogP contribution in [0.15, 0.2) is 4.99 Å². The van der Waals surface area contributed by atoms with Crippen LogP contribution in [0.2, 0.25) is 0 Å². The van der Waals surface area contributed by atoms with Gasteiger partial charge < -0.3 is 54.2 Å². The molecule has 7 amide bonds. The van der Waals surface area contributed by atoms with E-state index >= 15 is 0 Å². The number of carbonyl (C=O) groups excluding carboxylic acids is 7. The summed E-state index contributed by atoms with van der Waals surface area (Å²) in [6, 6.07) is -5.37. The number of nitrogens with one attached hydrogen (secondary N) is 6. The van der Waals surface area contributed by atoms with E-state index in [0.29, 0.717) is 0 Å². The number of hydrogen-bond donors (Lipinski definition) is 10. The SMILES string of the molecule is CC(=O)N[C@@H]1CSSC(C)(C)[C@H](C(N)=O)NC(=O)[C@@H](CC(=O)O)NC(=O)CNC(=O)[C@@H](CCCN=C(N)N)NC(=O)CNC1=O. The van der Waals surface area contributed by atoms with E-state index in [-0.39, 0.29) is 31.1 Å². The highest BCUT2D eigenvalue weighted by atomic mass is 33.1. The highest BCUT2D eigenvalue weighted by Crippen LogP contribution is 2.38. The Kier molecular flexibility index (Phi) is 15.9. The van der Waals surface area contributed by atoms with Gasteiger partial charge in [-0.25, -0.2) is 0 Å². The second kappa shape index (κ2) is 18.5. The summed E-state index contributed by atoms with van der Waals surface area (Å²) >= 11 is 0. The summed E-state index contributed by atoms with van der Waals surface area (Å²) in [5.74, 6) is -7.46. The molecule has 4 atom stereocenters. The molecule has 1 aliphatic rings. The van der Waals surface area contributed by atoms with E-state index in [2.05, 4.69) is 36.9 Å². The van der Waals surface area contributed by atoms with Gasteiger partial charge in [0, 0.05) is 24.0 Å². The molecule has 252 valence electrons. The van der Waals surface area contributed by atoms with Crippen LogP contribution in [-0.4, -0.2) is 113 Å². The molecule has 19 nitrogen and oxygen atoms in total. The minimum atomic E-state index is -1.66. The normalized spacial score (nSPS) is 23.9. The zero-order valence-corrected chi connectivity index (χ0v) is 26.6. The van der Waals surface area contributed by atoms with Crippen LogP contribution in [0.4, 0.5) is 0 Å². The molecule has 0 aromatic rings. The summed E-state index contributed by atoms with van der Waals surface area (Å²) in [5.41, 5.74) is 16.1. The van der Waals surface area contributed by atoms with Crippen molar-refractivity contribution in [3.8, 4) is 0 Å². The Labute approximate surface area is 266 Å². The lowest BCUT2D eigenvalue weighted by Gasteiger charge is -2.33. The lowest BCUT2D eigenvalue weighted by atomic mass is 10.0. The molecule has 13 N–H and O–H groups in total. The van der Waals surface area contributed by atoms with Crippen LogP contribution in [0.5, 0.6) is 0 Å². The summed E-state index contributed by atoms with van der Waals surface area (Å²) in [5, 5.41) is 23.5. The van der Waals surface area contributed by atoms with Crippen LogP contribution in [0.3, 0.4) is 0 Å². The van der Waals surface area contributed by atoms with Gasteiger partial charge in [0.15, 0.2) is 5.96 Å². The molecular weight excluding hydrogens is 636 g/mol. The molecule has 1 aliphatic heterocycles. The Morgan fingerprint density at radius 2 is 1.51 bits per heavy atom. The first-order valence-corrected chi connectivity index (χ1v) is 15.8. The van der Waals surface area contributed by atoms with E-state index in [4.69, 9.17) is 17.2 Å². The molecule has 0 aliphatic carbocycles. The predicted octanol–water partition coefficient (Wildman–Crippen LogP) is -4.63. The van der Waals surface area contributed by atoms with Crippen LogP contribution < -0.4 is 49.1 Å². The van der Waals surface area contributed by atoms with Gasteiger partial charge in [0.05, 0.1) is 19.5 Å². The van der Waals surface area contributed by atoms with E-state index in [1.54, 1.807) is 13.8 Å². The van der Waals surface area contributed by atoms with Crippen LogP contribution in [-0.2, 0) is 38.4 Å². The number of nitrogens with two attached hydrogens (primary N) is 3. The second-order valence-electron chi connectivity index (χ2n) is 10.3. The van der Waals surface area contributed by atoms with Crippen molar-refractivity contribution in [2.75, 3.05) is 25.4 Å². The van der Waals surface area contributed by atoms with Crippen molar-refractivity contribution in [3.05, 3.63) is 0 Å². The predicted molar refractivity (Wildman–Crippen MR) is 165 cm³/mol. The van der Waals surface area contributed by atoms with Crippen molar-refractivity contribution in [3.63, 3.8) is 0 Å². The Morgan fingerprint density at radius 1 is 0.933 bits per heavy atom. The van der Waals surface area contributed by atoms with Crippen molar-refractivity contribution in [2.45, 2.75) is 68.9 Å². The van der Waals surface area contributed by atoms with Gasteiger partial charge in [-0.3, -0.25) is 43.3 Å². The van der Waals surface area contributed by atoms with Crippen molar-refractivity contribution >= 4 is 74.9 Å². The maximum Gasteiger partial charge on any atom is 0.305 e. The summed E-state index contributed by atoms with van der Waals surface area (Å²) < 4.78 is -1.15. The van der Waals surface area contributed by atoms with E-state index in [1.165, 1.54) is 6.92 Å². The minimum Gasteiger partial charge on any atom is -0.481 e. The number of carboxylic acid groups (broad SMARTS) is 1. The second-order valence-corrected chi connectivity index (χ2v) is 13.3. The summed E-state index contributed by atoms with van der Waals surface area (Å²) in [7, 11) is 2.09. The molecular formula is C24H40N10O9S2. The largest absolute Gasteiger partial charge is 0.481 e. The summed E-state index contributed by atoms with van der Waals surface area (Å²) in [4.78, 5) is 103. The van der Waals surface area contributed by atoms with Gasteiger partial charge >= 0.3 is 5.97 Å². The van der Waals surface area contributed by atoms with Crippen molar-refractivity contribution in [2.24, 2.45) is 22.2 Å². The summed E-state index contributed by atoms with van der Waals surface area (Å²) in [6.07, 6.45) is -0.622. The van der Waals surface area contributed by atoms with Crippen LogP contribution in [0, 0.1) is 0 Å². The Hall–Kier alpha value is -4.27. The van der Waals surface area contributed by atoms with Crippen molar-refractivity contribution < 1.29 is 43.5 Å². The van der Waals surface area contributed by atoms with Crippen LogP contribution >= 0.6 is 21.6 Å². The first kappa shape index (κ1) is 38.8. The van der Waals surface area contributed by atoms with Gasteiger partial charge in [0.2, 0.25) is 41.4 Å². The molecule has 1 rings (SSSR count). The lowest BCUT2D eigenvalue weighted by molar-refractivity contribution is -0.141. The highest BCUT2D eigenvalue weighted by molar-refractivity contribution is 8.77. The highest BCUT2D eigenvalue weighted by Gasteiger charge is 2.39. The third kappa shape index (κ3) is 14.8. The quantitative estimate of drug-likeness (QED) is 0.0501. The number of carbonyl (C=O) groups is 8. The number of hydrogen-bond acceptors (Lipinski definition) is 11. The monoisotopic (exact) mass is 676 g/mol. The molecule has 0 aromatic heterocycles. The number of nitrogens with zero attached hydrogens (tertiary/aromatic N) is 1. The molecule has 0 radical (unpaired) electrons. The van der Waals surface area contributed by atoms with Crippen molar-refractivity contribution in [1.82, 2.24) is 31.9 Å². The Bertz CT molecular complexity index is 1180. The van der Waals surface area contributed by atoms with Crippen LogP contribution in [0.1, 0.15) is 40.0 Å². The molecule has 45 heavy (non-hydrogen) atoms. The lowest BCUT2D eigenvalue weighted by Crippen LogP contribution is -2.60. The Morgan fingerprint density at radius 3 is 2.04 bits per heavy atom. The molecule has 1 heterocycles. The average molecular weight is 677 g/mol. The zero-order valence-electron chi connectivity index (χ0n) is 25.0. The van der Waals surface area contributed by atoms with E-state index in [9.17, 15) is 43.5 Å². The number of aliphatic carboxylic acids is 1. The molecule has 0 aromatic carbocycles. The van der Waals surface area contributed by atoms with Gasteiger partial charge in [-0.15, -0.1) is 0 Å². The molecule has 0 saturated carbocycles. The van der Waals surface area contributed by atoms with E-state index < -0.39 is 95.7 Å². The molecule has 1 fully saturated rings. The Balaban J connectivity index is 3.35. The fourth-order valence-corrected chi connectivity index (χ4v) is 6.62. The summed E-state index contributed by atoms with van der Waals surface area (Å²) in [6.45, 7) is 3.13. The third-order valence-corrected chi connectivity index (χ3v) is 9.25. The fourth-order valence-electron chi connectivity index (χ4n) is 3.79. The first-order valence-electron chi connectivity index (χ1n) is 13.5. The zero-order chi connectivity index (χ0) is 34.3. The van der Waals surface area contributed by atoms with Crippen molar-refractivity contribution in [1.29, 1.82) is 0 Å². The fraction of sp³-hybridized carbons (Fsp3) is 0.625. The number of rotatable bonds is 8. The molecule has 0 unspecified atom stereocenters. The minimum absolute atomic E-state index is 0.0145. The molecule has 21 heteroatoms. The number of guanidine groups is 1. The van der Waals surface area contributed by atoms with E-state index in [0.717, 1.165) is 21.6 Å². The maximum absolute atomic E-state index is 13.1. The van der Waals surface area contributed by atoms with Gasteiger partial charge in [-0.1, -0.05) is 21.6 Å². The van der Waals surface area contributed by atoms with Gasteiger partial charge in [0.1, 0.15) is 24.2 Å². The smallest absolute Gasteiger partial charge is 0.305 e. The third-order valence-electron chi connectivity index (χ3n) is 5.94. The number of primary amides is 1. The van der Waals surface area contributed by atoms with Crippen LogP contribution in [0.25, 0.3) is 0 Å². The molecule has 0 spiro atoms. The number of aliphatic imine (C=N–C) groups is 1. The van der Waals surface area contributed by atoms with E-state index in [1.807, 2.05) is 0 Å². The average Bonchev–Trinajstić information content (AvgIpc) is 2.92. The maximum atomic E-state index is 13.1. The van der Waals surface area contributed by atoms with Gasteiger partial charge in [-0.05, 0) is 26.7 Å². The molecule has 1 saturated heterocycles. The van der Waals surface area contributed by atoms with Gasteiger partial charge in [-0.2, -0.15) is 0 Å². The number of amides is 7. The number of carboxylic acids is 1.